The fourth-order valence-electron chi connectivity index (χ4n) is 3.94. The van der Waals surface area contributed by atoms with E-state index in [4.69, 9.17) is 4.43 Å². The van der Waals surface area contributed by atoms with Crippen LogP contribution < -0.4 is 10.4 Å². The van der Waals surface area contributed by atoms with Crippen molar-refractivity contribution in [3.8, 4) is 0 Å². The zero-order valence-corrected chi connectivity index (χ0v) is 17.0. The lowest BCUT2D eigenvalue weighted by atomic mass is 9.92. The van der Waals surface area contributed by atoms with Crippen molar-refractivity contribution in [1.82, 2.24) is 0 Å². The van der Waals surface area contributed by atoms with Gasteiger partial charge in [0.1, 0.15) is 5.78 Å². The Bertz CT molecular complexity index is 735. The molecule has 0 spiro atoms. The summed E-state index contributed by atoms with van der Waals surface area (Å²) in [6.45, 7) is 11.0. The molecule has 2 nitrogen and oxygen atoms in total. The van der Waals surface area contributed by atoms with E-state index in [1.807, 2.05) is 12.1 Å². The Balaban J connectivity index is 2.17. The summed E-state index contributed by atoms with van der Waals surface area (Å²) in [4.78, 5) is 12.1. The maximum Gasteiger partial charge on any atom is 0.261 e. The molecule has 0 amide bonds. The Morgan fingerprint density at radius 3 is 1.88 bits per heavy atom. The molecule has 0 unspecified atom stereocenters. The molecule has 1 aliphatic carbocycles. The van der Waals surface area contributed by atoms with Gasteiger partial charge in [0.15, 0.2) is 0 Å². The molecule has 2 aromatic rings. The van der Waals surface area contributed by atoms with Crippen LogP contribution in [0, 0.1) is 0 Å². The SMILES string of the molecule is C=C1CCC(=O)C[C@H]1O[Si](c1ccccc1)(c1ccccc1)C(C)(C)C. The summed E-state index contributed by atoms with van der Waals surface area (Å²) in [6, 6.07) is 21.1. The molecule has 0 radical (unpaired) electrons. The van der Waals surface area contributed by atoms with E-state index in [1.165, 1.54) is 10.4 Å². The Labute approximate surface area is 158 Å². The van der Waals surface area contributed by atoms with E-state index in [0.717, 1.165) is 12.0 Å². The van der Waals surface area contributed by atoms with Crippen LogP contribution in [0.15, 0.2) is 72.8 Å². The van der Waals surface area contributed by atoms with E-state index in [9.17, 15) is 4.79 Å². The number of ketones is 1. The quantitative estimate of drug-likeness (QED) is 0.599. The summed E-state index contributed by atoms with van der Waals surface area (Å²) >= 11 is 0. The first kappa shape index (κ1) is 18.8. The number of benzene rings is 2. The van der Waals surface area contributed by atoms with E-state index in [-0.39, 0.29) is 16.9 Å². The third-order valence-electron chi connectivity index (χ3n) is 5.33. The second kappa shape index (κ2) is 7.34. The Hall–Kier alpha value is -1.97. The fraction of sp³-hybridized carbons (Fsp3) is 0.348. The van der Waals surface area contributed by atoms with Crippen molar-refractivity contribution in [3.63, 3.8) is 0 Å². The van der Waals surface area contributed by atoms with E-state index in [0.29, 0.717) is 12.8 Å². The lowest BCUT2D eigenvalue weighted by Crippen LogP contribution is -2.68. The third-order valence-corrected chi connectivity index (χ3v) is 10.4. The maximum atomic E-state index is 12.1. The van der Waals surface area contributed by atoms with Gasteiger partial charge >= 0.3 is 0 Å². The van der Waals surface area contributed by atoms with Gasteiger partial charge in [-0.25, -0.2) is 0 Å². The van der Waals surface area contributed by atoms with Crippen molar-refractivity contribution < 1.29 is 9.22 Å². The average Bonchev–Trinajstić information content (AvgIpc) is 2.63. The molecule has 3 heteroatoms. The molecule has 0 bridgehead atoms. The Morgan fingerprint density at radius 2 is 1.42 bits per heavy atom. The van der Waals surface area contributed by atoms with Crippen LogP contribution in [0.2, 0.25) is 5.04 Å². The Morgan fingerprint density at radius 1 is 0.923 bits per heavy atom. The minimum Gasteiger partial charge on any atom is -0.400 e. The first-order valence-corrected chi connectivity index (χ1v) is 11.2. The van der Waals surface area contributed by atoms with Gasteiger partial charge < -0.3 is 4.43 Å². The molecular formula is C23H28O2Si. The van der Waals surface area contributed by atoms with Crippen LogP contribution in [0.1, 0.15) is 40.0 Å². The Kier molecular flexibility index (Phi) is 5.31. The standard InChI is InChI=1S/C23H28O2Si/c1-18-15-16-19(24)17-22(18)25-26(23(2,3)4,20-11-7-5-8-12-20)21-13-9-6-10-14-21/h5-14,22H,1,15-17H2,2-4H3/t22-/m1/s1. The topological polar surface area (TPSA) is 26.3 Å². The predicted octanol–water partition coefficient (Wildman–Crippen LogP) is 4.24. The molecular weight excluding hydrogens is 336 g/mol. The second-order valence-corrected chi connectivity index (χ2v) is 12.4. The van der Waals surface area contributed by atoms with Crippen molar-refractivity contribution in [1.29, 1.82) is 0 Å². The maximum absolute atomic E-state index is 12.1. The molecule has 0 aliphatic heterocycles. The van der Waals surface area contributed by atoms with Gasteiger partial charge in [-0.1, -0.05) is 88.0 Å². The van der Waals surface area contributed by atoms with Gasteiger partial charge in [-0.05, 0) is 27.4 Å². The van der Waals surface area contributed by atoms with E-state index in [1.54, 1.807) is 0 Å². The highest BCUT2D eigenvalue weighted by molar-refractivity contribution is 6.99. The number of hydrogen-bond acceptors (Lipinski definition) is 2. The summed E-state index contributed by atoms with van der Waals surface area (Å²) in [5.74, 6) is 0.278. The first-order chi connectivity index (χ1) is 12.3. The van der Waals surface area contributed by atoms with Gasteiger partial charge in [0.2, 0.25) is 0 Å². The second-order valence-electron chi connectivity index (χ2n) is 8.17. The summed E-state index contributed by atoms with van der Waals surface area (Å²) in [5.41, 5.74) is 1.05. The monoisotopic (exact) mass is 364 g/mol. The molecule has 3 rings (SSSR count). The highest BCUT2D eigenvalue weighted by Gasteiger charge is 2.52. The lowest BCUT2D eigenvalue weighted by molar-refractivity contribution is -0.121. The lowest BCUT2D eigenvalue weighted by Gasteiger charge is -2.46. The highest BCUT2D eigenvalue weighted by Crippen LogP contribution is 2.39. The smallest absolute Gasteiger partial charge is 0.261 e. The van der Waals surface area contributed by atoms with Gasteiger partial charge in [-0.2, -0.15) is 0 Å². The number of rotatable bonds is 4. The van der Waals surface area contributed by atoms with E-state index >= 15 is 0 Å². The minimum atomic E-state index is -2.62. The summed E-state index contributed by atoms with van der Waals surface area (Å²) in [7, 11) is -2.62. The van der Waals surface area contributed by atoms with Crippen LogP contribution >= 0.6 is 0 Å². The average molecular weight is 365 g/mol. The number of hydrogen-bond donors (Lipinski definition) is 0. The molecule has 26 heavy (non-hydrogen) atoms. The molecule has 1 saturated carbocycles. The summed E-state index contributed by atoms with van der Waals surface area (Å²) < 4.78 is 7.02. The van der Waals surface area contributed by atoms with Crippen LogP contribution in [0.3, 0.4) is 0 Å². The van der Waals surface area contributed by atoms with Gasteiger partial charge in [-0.15, -0.1) is 0 Å². The molecule has 1 aliphatic rings. The number of carbonyl (C=O) groups is 1. The van der Waals surface area contributed by atoms with Crippen LogP contribution in [0.4, 0.5) is 0 Å². The minimum absolute atomic E-state index is 0.0868. The van der Waals surface area contributed by atoms with Gasteiger partial charge in [0.25, 0.3) is 8.32 Å². The molecule has 136 valence electrons. The molecule has 0 saturated heterocycles. The molecule has 1 fully saturated rings. The molecule has 1 atom stereocenters. The zero-order chi connectivity index (χ0) is 18.8. The van der Waals surface area contributed by atoms with Crippen molar-refractivity contribution in [2.24, 2.45) is 0 Å². The van der Waals surface area contributed by atoms with Crippen LogP contribution in [-0.4, -0.2) is 20.2 Å². The normalized spacial score (nSPS) is 18.8. The van der Waals surface area contributed by atoms with Crippen LogP contribution in [-0.2, 0) is 9.22 Å². The highest BCUT2D eigenvalue weighted by atomic mass is 28.4. The molecule has 0 aromatic heterocycles. The van der Waals surface area contributed by atoms with Crippen molar-refractivity contribution >= 4 is 24.5 Å². The van der Waals surface area contributed by atoms with Gasteiger partial charge in [0, 0.05) is 12.8 Å². The van der Waals surface area contributed by atoms with Crippen LogP contribution in [0.25, 0.3) is 0 Å². The third kappa shape index (κ3) is 3.46. The zero-order valence-electron chi connectivity index (χ0n) is 16.0. The van der Waals surface area contributed by atoms with Gasteiger partial charge in [-0.3, -0.25) is 4.79 Å². The number of carbonyl (C=O) groups excluding carboxylic acids is 1. The van der Waals surface area contributed by atoms with E-state index < -0.39 is 8.32 Å². The van der Waals surface area contributed by atoms with E-state index in [2.05, 4.69) is 75.9 Å². The number of Topliss-reactive ketones (excluding diaryl/α,β-unsaturated/α-hetero) is 1. The van der Waals surface area contributed by atoms with Crippen molar-refractivity contribution in [2.75, 3.05) is 0 Å². The van der Waals surface area contributed by atoms with Crippen molar-refractivity contribution in [3.05, 3.63) is 72.8 Å². The van der Waals surface area contributed by atoms with Crippen LogP contribution in [0.5, 0.6) is 0 Å². The summed E-state index contributed by atoms with van der Waals surface area (Å²) in [5, 5.41) is 2.39. The molecule has 0 heterocycles. The molecule has 0 N–H and O–H groups in total. The first-order valence-electron chi connectivity index (χ1n) is 9.33. The summed E-state index contributed by atoms with van der Waals surface area (Å²) in [6.07, 6.45) is 1.59. The largest absolute Gasteiger partial charge is 0.400 e. The molecule has 2 aromatic carbocycles. The fourth-order valence-corrected chi connectivity index (χ4v) is 8.64. The van der Waals surface area contributed by atoms with Crippen molar-refractivity contribution in [2.45, 2.75) is 51.2 Å². The predicted molar refractivity (Wildman–Crippen MR) is 110 cm³/mol. The van der Waals surface area contributed by atoms with Gasteiger partial charge in [0.05, 0.1) is 6.10 Å².